The van der Waals surface area contributed by atoms with E-state index in [0.717, 1.165) is 16.6 Å². The van der Waals surface area contributed by atoms with E-state index >= 15 is 0 Å². The SMILES string of the molecule is CCN1C[C@@]2(C(=O)O)CN(Cc3ccc4nsnc4c3)C[C@H]2C1=O. The van der Waals surface area contributed by atoms with E-state index in [9.17, 15) is 14.7 Å². The minimum atomic E-state index is -0.973. The van der Waals surface area contributed by atoms with Crippen LogP contribution in [0.3, 0.4) is 0 Å². The van der Waals surface area contributed by atoms with E-state index in [1.807, 2.05) is 25.1 Å². The van der Waals surface area contributed by atoms with Crippen LogP contribution < -0.4 is 0 Å². The Kier molecular flexibility index (Phi) is 3.54. The van der Waals surface area contributed by atoms with E-state index in [-0.39, 0.29) is 5.91 Å². The number of aromatic nitrogens is 2. The van der Waals surface area contributed by atoms with Crippen molar-refractivity contribution in [3.05, 3.63) is 23.8 Å². The molecule has 2 aromatic rings. The van der Waals surface area contributed by atoms with Gasteiger partial charge in [0.1, 0.15) is 16.4 Å². The molecule has 0 spiro atoms. The highest BCUT2D eigenvalue weighted by Crippen LogP contribution is 2.44. The van der Waals surface area contributed by atoms with Crippen molar-refractivity contribution in [1.29, 1.82) is 0 Å². The molecule has 0 radical (unpaired) electrons. The van der Waals surface area contributed by atoms with Gasteiger partial charge in [0, 0.05) is 32.7 Å². The number of aliphatic carboxylic acids is 1. The third-order valence-electron chi connectivity index (χ3n) is 5.23. The molecule has 1 N–H and O–H groups in total. The number of rotatable bonds is 4. The fourth-order valence-electron chi connectivity index (χ4n) is 3.98. The molecule has 2 saturated heterocycles. The molecule has 1 aromatic carbocycles. The maximum Gasteiger partial charge on any atom is 0.313 e. The molecule has 8 heteroatoms. The van der Waals surface area contributed by atoms with Crippen molar-refractivity contribution in [2.45, 2.75) is 13.5 Å². The van der Waals surface area contributed by atoms with Crippen molar-refractivity contribution in [3.63, 3.8) is 0 Å². The van der Waals surface area contributed by atoms with Crippen molar-refractivity contribution in [2.75, 3.05) is 26.2 Å². The lowest BCUT2D eigenvalue weighted by Gasteiger charge is -2.24. The molecule has 2 atom stereocenters. The number of likely N-dealkylation sites (tertiary alicyclic amines) is 2. The molecular weight excluding hydrogens is 328 g/mol. The van der Waals surface area contributed by atoms with Crippen LogP contribution in [0.5, 0.6) is 0 Å². The standard InChI is InChI=1S/C16H18N4O3S/c1-2-20-9-16(15(22)23)8-19(7-11(16)14(20)21)6-10-3-4-12-13(5-10)18-24-17-12/h3-5,11H,2,6-9H2,1H3,(H,22,23)/t11-,16-/m0/s1. The van der Waals surface area contributed by atoms with Gasteiger partial charge in [-0.15, -0.1) is 0 Å². The summed E-state index contributed by atoms with van der Waals surface area (Å²) in [4.78, 5) is 28.2. The van der Waals surface area contributed by atoms with Crippen LogP contribution in [0.2, 0.25) is 0 Å². The number of nitrogens with zero attached hydrogens (tertiary/aromatic N) is 4. The van der Waals surface area contributed by atoms with Crippen molar-refractivity contribution in [3.8, 4) is 0 Å². The average Bonchev–Trinajstić information content (AvgIpc) is 3.22. The summed E-state index contributed by atoms with van der Waals surface area (Å²) in [6.07, 6.45) is 0. The number of hydrogen-bond donors (Lipinski definition) is 1. The van der Waals surface area contributed by atoms with Gasteiger partial charge in [0.25, 0.3) is 0 Å². The summed E-state index contributed by atoms with van der Waals surface area (Å²) in [6.45, 7) is 4.30. The van der Waals surface area contributed by atoms with Crippen molar-refractivity contribution >= 4 is 34.6 Å². The van der Waals surface area contributed by atoms with Gasteiger partial charge in [-0.3, -0.25) is 14.5 Å². The first-order valence-corrected chi connectivity index (χ1v) is 8.72. The topological polar surface area (TPSA) is 86.6 Å². The van der Waals surface area contributed by atoms with E-state index < -0.39 is 17.3 Å². The molecule has 7 nitrogen and oxygen atoms in total. The number of amides is 1. The Morgan fingerprint density at radius 2 is 2.17 bits per heavy atom. The number of carbonyl (C=O) groups excluding carboxylic acids is 1. The van der Waals surface area contributed by atoms with E-state index in [1.165, 1.54) is 11.7 Å². The van der Waals surface area contributed by atoms with Crippen LogP contribution in [0, 0.1) is 11.3 Å². The molecular formula is C16H18N4O3S. The van der Waals surface area contributed by atoms with Gasteiger partial charge in [-0.2, -0.15) is 8.75 Å². The second-order valence-corrected chi connectivity index (χ2v) is 7.15. The molecule has 126 valence electrons. The van der Waals surface area contributed by atoms with Gasteiger partial charge in [-0.05, 0) is 24.6 Å². The third-order valence-corrected chi connectivity index (χ3v) is 5.79. The summed E-state index contributed by atoms with van der Waals surface area (Å²) >= 11 is 1.18. The lowest BCUT2D eigenvalue weighted by Crippen LogP contribution is -2.40. The van der Waals surface area contributed by atoms with Gasteiger partial charge >= 0.3 is 5.97 Å². The van der Waals surface area contributed by atoms with Crippen LogP contribution in [0.25, 0.3) is 11.0 Å². The number of carboxylic acids is 1. The maximum absolute atomic E-state index is 12.5. The molecule has 2 fully saturated rings. The summed E-state index contributed by atoms with van der Waals surface area (Å²) in [7, 11) is 0. The van der Waals surface area contributed by atoms with Gasteiger partial charge in [0.05, 0.1) is 17.6 Å². The normalized spacial score (nSPS) is 27.1. The van der Waals surface area contributed by atoms with Gasteiger partial charge in [0.15, 0.2) is 0 Å². The Balaban J connectivity index is 1.57. The van der Waals surface area contributed by atoms with E-state index in [0.29, 0.717) is 32.7 Å². The van der Waals surface area contributed by atoms with Crippen LogP contribution in [-0.2, 0) is 16.1 Å². The van der Waals surface area contributed by atoms with E-state index in [4.69, 9.17) is 0 Å². The van der Waals surface area contributed by atoms with Crippen molar-refractivity contribution in [2.24, 2.45) is 11.3 Å². The molecule has 0 saturated carbocycles. The predicted octanol–water partition coefficient (Wildman–Crippen LogP) is 1.06. The van der Waals surface area contributed by atoms with Crippen LogP contribution in [0.15, 0.2) is 18.2 Å². The summed E-state index contributed by atoms with van der Waals surface area (Å²) < 4.78 is 8.43. The predicted molar refractivity (Wildman–Crippen MR) is 88.5 cm³/mol. The lowest BCUT2D eigenvalue weighted by molar-refractivity contribution is -0.149. The Morgan fingerprint density at radius 3 is 2.88 bits per heavy atom. The van der Waals surface area contributed by atoms with Crippen LogP contribution in [0.4, 0.5) is 0 Å². The van der Waals surface area contributed by atoms with Crippen LogP contribution in [0.1, 0.15) is 12.5 Å². The highest BCUT2D eigenvalue weighted by Gasteiger charge is 2.61. The number of carbonyl (C=O) groups is 2. The minimum absolute atomic E-state index is 0.0263. The molecule has 2 aliphatic rings. The second-order valence-electron chi connectivity index (χ2n) is 6.62. The average molecular weight is 346 g/mol. The van der Waals surface area contributed by atoms with Crippen molar-refractivity contribution in [1.82, 2.24) is 18.5 Å². The zero-order chi connectivity index (χ0) is 16.9. The number of benzene rings is 1. The molecule has 0 aliphatic carbocycles. The first kappa shape index (κ1) is 15.5. The lowest BCUT2D eigenvalue weighted by atomic mass is 9.81. The summed E-state index contributed by atoms with van der Waals surface area (Å²) in [5.74, 6) is -1.33. The Morgan fingerprint density at radius 1 is 1.38 bits per heavy atom. The van der Waals surface area contributed by atoms with Gasteiger partial charge in [0.2, 0.25) is 5.91 Å². The van der Waals surface area contributed by atoms with Gasteiger partial charge in [-0.1, -0.05) is 6.07 Å². The van der Waals surface area contributed by atoms with Crippen LogP contribution >= 0.6 is 11.7 Å². The molecule has 1 amide bonds. The smallest absolute Gasteiger partial charge is 0.313 e. The monoisotopic (exact) mass is 346 g/mol. The molecule has 24 heavy (non-hydrogen) atoms. The largest absolute Gasteiger partial charge is 0.481 e. The zero-order valence-electron chi connectivity index (χ0n) is 13.3. The third kappa shape index (κ3) is 2.21. The first-order valence-electron chi connectivity index (χ1n) is 7.99. The highest BCUT2D eigenvalue weighted by atomic mass is 32.1. The summed E-state index contributed by atoms with van der Waals surface area (Å²) in [5, 5.41) is 9.78. The summed E-state index contributed by atoms with van der Waals surface area (Å²) in [6, 6.07) is 5.91. The molecule has 0 unspecified atom stereocenters. The second kappa shape index (κ2) is 5.49. The number of carboxylic acid groups (broad SMARTS) is 1. The molecule has 4 rings (SSSR count). The van der Waals surface area contributed by atoms with E-state index in [1.54, 1.807) is 4.90 Å². The minimum Gasteiger partial charge on any atom is -0.481 e. The van der Waals surface area contributed by atoms with Crippen LogP contribution in [-0.4, -0.2) is 61.7 Å². The Hall–Kier alpha value is -2.06. The molecule has 2 aliphatic heterocycles. The molecule has 0 bridgehead atoms. The summed E-state index contributed by atoms with van der Waals surface area (Å²) in [5.41, 5.74) is 1.82. The Labute approximate surface area is 143 Å². The highest BCUT2D eigenvalue weighted by molar-refractivity contribution is 7.00. The fraction of sp³-hybridized carbons (Fsp3) is 0.500. The quantitative estimate of drug-likeness (QED) is 0.891. The maximum atomic E-state index is 12.5. The fourth-order valence-corrected chi connectivity index (χ4v) is 4.49. The first-order chi connectivity index (χ1) is 11.5. The van der Waals surface area contributed by atoms with Gasteiger partial charge < -0.3 is 10.0 Å². The zero-order valence-corrected chi connectivity index (χ0v) is 14.1. The molecule has 3 heterocycles. The number of hydrogen-bond acceptors (Lipinski definition) is 6. The Bertz CT molecular complexity index is 823. The van der Waals surface area contributed by atoms with E-state index in [2.05, 4.69) is 13.6 Å². The van der Waals surface area contributed by atoms with Crippen molar-refractivity contribution < 1.29 is 14.7 Å². The molecule has 1 aromatic heterocycles. The number of fused-ring (bicyclic) bond motifs is 2. The van der Waals surface area contributed by atoms with Gasteiger partial charge in [-0.25, -0.2) is 0 Å².